The third-order valence-electron chi connectivity index (χ3n) is 2.92. The molecular weight excluding hydrogens is 228 g/mol. The van der Waals surface area contributed by atoms with E-state index in [2.05, 4.69) is 0 Å². The maximum atomic E-state index is 13.5. The van der Waals surface area contributed by atoms with E-state index >= 15 is 0 Å². The molecule has 1 atom stereocenters. The van der Waals surface area contributed by atoms with Crippen molar-refractivity contribution in [2.75, 3.05) is 13.1 Å². The Morgan fingerprint density at radius 2 is 1.94 bits per heavy atom. The number of rotatable bonds is 0. The molecule has 17 heavy (non-hydrogen) atoms. The molecule has 1 fully saturated rings. The number of amides is 1. The number of ether oxygens (including phenoxy) is 1. The third-order valence-corrected chi connectivity index (χ3v) is 2.92. The van der Waals surface area contributed by atoms with Gasteiger partial charge in [-0.3, -0.25) is 0 Å². The molecule has 1 rings (SSSR count). The molecule has 0 N–H and O–H groups in total. The van der Waals surface area contributed by atoms with E-state index in [0.717, 1.165) is 0 Å². The summed E-state index contributed by atoms with van der Waals surface area (Å²) in [5.41, 5.74) is -0.586. The van der Waals surface area contributed by atoms with Gasteiger partial charge in [0.25, 0.3) is 5.92 Å². The minimum atomic E-state index is -2.68. The fourth-order valence-electron chi connectivity index (χ4n) is 1.71. The van der Waals surface area contributed by atoms with Crippen molar-refractivity contribution in [2.24, 2.45) is 5.92 Å². The molecular formula is C12H21F2NO2. The summed E-state index contributed by atoms with van der Waals surface area (Å²) in [7, 11) is 0. The zero-order chi connectivity index (χ0) is 13.3. The first-order valence-electron chi connectivity index (χ1n) is 5.97. The minimum Gasteiger partial charge on any atom is -0.444 e. The summed E-state index contributed by atoms with van der Waals surface area (Å²) in [4.78, 5) is 13.1. The normalized spacial score (nSPS) is 25.3. The van der Waals surface area contributed by atoms with Crippen LogP contribution < -0.4 is 0 Å². The number of carbonyl (C=O) groups is 1. The van der Waals surface area contributed by atoms with Crippen molar-refractivity contribution < 1.29 is 18.3 Å². The maximum absolute atomic E-state index is 13.5. The molecule has 0 aromatic carbocycles. The SMILES string of the molecule is C[C@H]1CCN(C(=O)OC(C)(C)C)CCC1(F)F. The molecule has 1 amide bonds. The Balaban J connectivity index is 2.60. The number of hydrogen-bond donors (Lipinski definition) is 0. The lowest BCUT2D eigenvalue weighted by Gasteiger charge is -2.26. The van der Waals surface area contributed by atoms with Crippen molar-refractivity contribution in [1.29, 1.82) is 0 Å². The van der Waals surface area contributed by atoms with Gasteiger partial charge in [-0.1, -0.05) is 6.92 Å². The monoisotopic (exact) mass is 249 g/mol. The Morgan fingerprint density at radius 1 is 1.35 bits per heavy atom. The van der Waals surface area contributed by atoms with Gasteiger partial charge in [0.2, 0.25) is 0 Å². The molecule has 5 heteroatoms. The van der Waals surface area contributed by atoms with Crippen LogP contribution in [0.2, 0.25) is 0 Å². The minimum absolute atomic E-state index is 0.0618. The van der Waals surface area contributed by atoms with E-state index in [1.807, 2.05) is 0 Å². The summed E-state index contributed by atoms with van der Waals surface area (Å²) < 4.78 is 32.1. The lowest BCUT2D eigenvalue weighted by atomic mass is 9.99. The summed E-state index contributed by atoms with van der Waals surface area (Å²) in [5.74, 6) is -3.37. The number of likely N-dealkylation sites (tertiary alicyclic amines) is 1. The van der Waals surface area contributed by atoms with Crippen LogP contribution in [0.1, 0.15) is 40.5 Å². The molecule has 0 aromatic heterocycles. The number of nitrogens with zero attached hydrogens (tertiary/aromatic N) is 1. The van der Waals surface area contributed by atoms with Gasteiger partial charge in [-0.2, -0.15) is 0 Å². The van der Waals surface area contributed by atoms with Gasteiger partial charge in [-0.15, -0.1) is 0 Å². The molecule has 0 aliphatic carbocycles. The van der Waals surface area contributed by atoms with Crippen molar-refractivity contribution in [3.05, 3.63) is 0 Å². The summed E-state index contributed by atoms with van der Waals surface area (Å²) in [5, 5.41) is 0. The van der Waals surface area contributed by atoms with Gasteiger partial charge < -0.3 is 9.64 Å². The Kier molecular flexibility index (Phi) is 3.99. The summed E-state index contributed by atoms with van der Waals surface area (Å²) in [6.45, 7) is 7.22. The lowest BCUT2D eigenvalue weighted by Crippen LogP contribution is -2.37. The quantitative estimate of drug-likeness (QED) is 0.659. The van der Waals surface area contributed by atoms with E-state index in [4.69, 9.17) is 4.74 Å². The van der Waals surface area contributed by atoms with Crippen LogP contribution in [0.3, 0.4) is 0 Å². The molecule has 1 aliphatic rings. The summed E-state index contributed by atoms with van der Waals surface area (Å²) >= 11 is 0. The zero-order valence-electron chi connectivity index (χ0n) is 10.9. The van der Waals surface area contributed by atoms with Gasteiger partial charge in [-0.05, 0) is 27.2 Å². The third kappa shape index (κ3) is 4.13. The van der Waals surface area contributed by atoms with Gasteiger partial charge in [0.05, 0.1) is 0 Å². The molecule has 0 saturated carbocycles. The Hall–Kier alpha value is -0.870. The van der Waals surface area contributed by atoms with Crippen LogP contribution in [0.5, 0.6) is 0 Å². The van der Waals surface area contributed by atoms with Gasteiger partial charge in [0, 0.05) is 25.4 Å². The second-order valence-corrected chi connectivity index (χ2v) is 5.67. The fourth-order valence-corrected chi connectivity index (χ4v) is 1.71. The van der Waals surface area contributed by atoms with E-state index in [-0.39, 0.29) is 13.0 Å². The second kappa shape index (κ2) is 4.78. The van der Waals surface area contributed by atoms with E-state index in [1.165, 1.54) is 11.8 Å². The Morgan fingerprint density at radius 3 is 2.47 bits per heavy atom. The van der Waals surface area contributed by atoms with E-state index < -0.39 is 23.5 Å². The molecule has 0 radical (unpaired) electrons. The highest BCUT2D eigenvalue weighted by Crippen LogP contribution is 2.33. The fraction of sp³-hybridized carbons (Fsp3) is 0.917. The average molecular weight is 249 g/mol. The van der Waals surface area contributed by atoms with Crippen molar-refractivity contribution >= 4 is 6.09 Å². The molecule has 1 heterocycles. The predicted molar refractivity (Wildman–Crippen MR) is 61.2 cm³/mol. The Bertz CT molecular complexity index is 287. The van der Waals surface area contributed by atoms with Crippen molar-refractivity contribution in [1.82, 2.24) is 4.90 Å². The van der Waals surface area contributed by atoms with Gasteiger partial charge >= 0.3 is 6.09 Å². The molecule has 0 aromatic rings. The molecule has 100 valence electrons. The van der Waals surface area contributed by atoms with E-state index in [0.29, 0.717) is 13.0 Å². The Labute approximate surface area is 101 Å². The second-order valence-electron chi connectivity index (χ2n) is 5.67. The molecule has 1 saturated heterocycles. The number of halogens is 2. The van der Waals surface area contributed by atoms with E-state index in [9.17, 15) is 13.6 Å². The first-order valence-corrected chi connectivity index (χ1v) is 5.97. The molecule has 3 nitrogen and oxygen atoms in total. The number of carbonyl (C=O) groups excluding carboxylic acids is 1. The van der Waals surface area contributed by atoms with Crippen LogP contribution in [-0.2, 0) is 4.74 Å². The molecule has 0 spiro atoms. The van der Waals surface area contributed by atoms with Crippen LogP contribution >= 0.6 is 0 Å². The highest BCUT2D eigenvalue weighted by Gasteiger charge is 2.40. The summed E-state index contributed by atoms with van der Waals surface area (Å²) in [6, 6.07) is 0. The standard InChI is InChI=1S/C12H21F2NO2/c1-9-5-7-15(8-6-12(9,13)14)10(16)17-11(2,3)4/h9H,5-8H2,1-4H3/t9-/m0/s1. The molecule has 0 unspecified atom stereocenters. The summed E-state index contributed by atoms with van der Waals surface area (Å²) in [6.07, 6.45) is -0.470. The van der Waals surface area contributed by atoms with Crippen LogP contribution in [0.15, 0.2) is 0 Å². The van der Waals surface area contributed by atoms with Gasteiger partial charge in [-0.25, -0.2) is 13.6 Å². The smallest absolute Gasteiger partial charge is 0.410 e. The number of hydrogen-bond acceptors (Lipinski definition) is 2. The first kappa shape index (κ1) is 14.2. The molecule has 0 bridgehead atoms. The van der Waals surface area contributed by atoms with Gasteiger partial charge in [0.15, 0.2) is 0 Å². The predicted octanol–water partition coefficient (Wildman–Crippen LogP) is 3.29. The number of alkyl halides is 2. The van der Waals surface area contributed by atoms with Crippen molar-refractivity contribution in [3.63, 3.8) is 0 Å². The van der Waals surface area contributed by atoms with Gasteiger partial charge in [0.1, 0.15) is 5.60 Å². The lowest BCUT2D eigenvalue weighted by molar-refractivity contribution is -0.0546. The average Bonchev–Trinajstić information content (AvgIpc) is 2.25. The van der Waals surface area contributed by atoms with Crippen LogP contribution in [0.4, 0.5) is 13.6 Å². The largest absolute Gasteiger partial charge is 0.444 e. The molecule has 1 aliphatic heterocycles. The van der Waals surface area contributed by atoms with Crippen LogP contribution in [0.25, 0.3) is 0 Å². The highest BCUT2D eigenvalue weighted by molar-refractivity contribution is 5.68. The highest BCUT2D eigenvalue weighted by atomic mass is 19.3. The topological polar surface area (TPSA) is 29.5 Å². The van der Waals surface area contributed by atoms with Crippen LogP contribution in [-0.4, -0.2) is 35.6 Å². The maximum Gasteiger partial charge on any atom is 0.410 e. The van der Waals surface area contributed by atoms with E-state index in [1.54, 1.807) is 20.8 Å². The van der Waals surface area contributed by atoms with Crippen molar-refractivity contribution in [2.45, 2.75) is 52.1 Å². The van der Waals surface area contributed by atoms with Crippen molar-refractivity contribution in [3.8, 4) is 0 Å². The van der Waals surface area contributed by atoms with Crippen LogP contribution in [0, 0.1) is 5.92 Å². The zero-order valence-corrected chi connectivity index (χ0v) is 10.9. The first-order chi connectivity index (χ1) is 7.62.